The zero-order valence-corrected chi connectivity index (χ0v) is 14.6. The molecule has 1 N–H and O–H groups in total. The molecule has 3 heterocycles. The van der Waals surface area contributed by atoms with E-state index in [1.807, 2.05) is 51.8 Å². The summed E-state index contributed by atoms with van der Waals surface area (Å²) in [6.45, 7) is 3.16. The third-order valence-electron chi connectivity index (χ3n) is 4.51. The lowest BCUT2D eigenvalue weighted by atomic mass is 10.1. The van der Waals surface area contributed by atoms with Gasteiger partial charge in [0.15, 0.2) is 5.65 Å². The number of hydrogen-bond acceptors (Lipinski definition) is 4. The molecule has 0 saturated heterocycles. The van der Waals surface area contributed by atoms with Crippen molar-refractivity contribution >= 4 is 22.5 Å². The number of rotatable bonds is 6. The largest absolute Gasteiger partial charge is 0.356 e. The van der Waals surface area contributed by atoms with E-state index in [4.69, 9.17) is 0 Å². The van der Waals surface area contributed by atoms with Gasteiger partial charge >= 0.3 is 0 Å². The van der Waals surface area contributed by atoms with Crippen molar-refractivity contribution in [3.63, 3.8) is 0 Å². The van der Waals surface area contributed by atoms with Gasteiger partial charge in [0.05, 0.1) is 18.3 Å². The van der Waals surface area contributed by atoms with Crippen LogP contribution in [0.1, 0.15) is 17.8 Å². The van der Waals surface area contributed by atoms with E-state index in [9.17, 15) is 4.79 Å². The van der Waals surface area contributed by atoms with Gasteiger partial charge in [0.1, 0.15) is 5.82 Å². The Balaban J connectivity index is 1.31. The van der Waals surface area contributed by atoms with E-state index in [1.165, 1.54) is 5.56 Å². The second-order valence-electron chi connectivity index (χ2n) is 6.27. The first-order chi connectivity index (χ1) is 12.7. The fourth-order valence-electron chi connectivity index (χ4n) is 3.10. The van der Waals surface area contributed by atoms with E-state index < -0.39 is 0 Å². The zero-order chi connectivity index (χ0) is 17.9. The van der Waals surface area contributed by atoms with E-state index >= 15 is 0 Å². The maximum atomic E-state index is 12.1. The lowest BCUT2D eigenvalue weighted by molar-refractivity contribution is -0.121. The molecule has 0 aliphatic carbocycles. The second kappa shape index (κ2) is 6.95. The van der Waals surface area contributed by atoms with Gasteiger partial charge in [-0.05, 0) is 30.7 Å². The summed E-state index contributed by atoms with van der Waals surface area (Å²) in [4.78, 5) is 12.1. The third-order valence-corrected chi connectivity index (χ3v) is 4.51. The number of aromatic nitrogens is 5. The fourth-order valence-corrected chi connectivity index (χ4v) is 3.10. The highest BCUT2D eigenvalue weighted by Gasteiger charge is 2.08. The highest BCUT2D eigenvalue weighted by atomic mass is 16.1. The average Bonchev–Trinajstić information content (AvgIpc) is 3.25. The van der Waals surface area contributed by atoms with Crippen molar-refractivity contribution in [2.24, 2.45) is 0 Å². The normalized spacial score (nSPS) is 11.3. The summed E-state index contributed by atoms with van der Waals surface area (Å²) in [7, 11) is 0. The van der Waals surface area contributed by atoms with Crippen LogP contribution in [0.2, 0.25) is 0 Å². The molecular weight excluding hydrogens is 328 g/mol. The number of carbonyl (C=O) groups is 1. The Morgan fingerprint density at radius 3 is 3.00 bits per heavy atom. The summed E-state index contributed by atoms with van der Waals surface area (Å²) < 4.78 is 3.82. The zero-order valence-electron chi connectivity index (χ0n) is 14.6. The summed E-state index contributed by atoms with van der Waals surface area (Å²) in [5, 5.41) is 16.8. The molecule has 0 saturated carbocycles. The van der Waals surface area contributed by atoms with Crippen LogP contribution >= 0.6 is 0 Å². The highest BCUT2D eigenvalue weighted by molar-refractivity contribution is 5.82. The Labute approximate surface area is 150 Å². The molecule has 7 heteroatoms. The molecular formula is C19H20N6O. The van der Waals surface area contributed by atoms with Gasteiger partial charge in [-0.15, -0.1) is 10.2 Å². The number of aryl methyl sites for hydroxylation is 2. The molecule has 1 amide bonds. The first kappa shape index (κ1) is 16.3. The molecule has 4 aromatic rings. The van der Waals surface area contributed by atoms with Gasteiger partial charge in [-0.2, -0.15) is 5.10 Å². The highest BCUT2D eigenvalue weighted by Crippen LogP contribution is 2.17. The van der Waals surface area contributed by atoms with Gasteiger partial charge in [0.25, 0.3) is 0 Å². The Morgan fingerprint density at radius 1 is 1.15 bits per heavy atom. The van der Waals surface area contributed by atoms with Gasteiger partial charge in [-0.25, -0.2) is 0 Å². The van der Waals surface area contributed by atoms with E-state index in [1.54, 1.807) is 0 Å². The summed E-state index contributed by atoms with van der Waals surface area (Å²) >= 11 is 0. The Bertz CT molecular complexity index is 1060. The van der Waals surface area contributed by atoms with E-state index in [0.29, 0.717) is 25.9 Å². The third kappa shape index (κ3) is 3.15. The summed E-state index contributed by atoms with van der Waals surface area (Å²) in [6, 6.07) is 11.9. The van der Waals surface area contributed by atoms with Crippen LogP contribution in [-0.2, 0) is 17.8 Å². The molecule has 0 fully saturated rings. The van der Waals surface area contributed by atoms with Gasteiger partial charge < -0.3 is 5.32 Å². The molecule has 0 atom stereocenters. The number of nitrogens with one attached hydrogen (secondary N) is 1. The maximum absolute atomic E-state index is 12.1. The van der Waals surface area contributed by atoms with Crippen molar-refractivity contribution in [2.45, 2.75) is 26.3 Å². The monoisotopic (exact) mass is 348 g/mol. The summed E-state index contributed by atoms with van der Waals surface area (Å²) in [5.74, 6) is 0.851. The molecule has 1 aromatic carbocycles. The first-order valence-corrected chi connectivity index (χ1v) is 8.69. The number of carbonyl (C=O) groups excluding carboxylic acids is 1. The molecule has 7 nitrogen and oxygen atoms in total. The van der Waals surface area contributed by atoms with E-state index in [2.05, 4.69) is 33.6 Å². The van der Waals surface area contributed by atoms with Crippen LogP contribution in [0.25, 0.3) is 16.6 Å². The van der Waals surface area contributed by atoms with Crippen LogP contribution < -0.4 is 5.32 Å². The number of amides is 1. The van der Waals surface area contributed by atoms with Crippen molar-refractivity contribution in [2.75, 3.05) is 6.54 Å². The number of pyridine rings is 1. The molecule has 0 spiro atoms. The second-order valence-corrected chi connectivity index (χ2v) is 6.27. The molecule has 0 aliphatic rings. The molecule has 132 valence electrons. The van der Waals surface area contributed by atoms with Gasteiger partial charge in [-0.1, -0.05) is 18.2 Å². The Kier molecular flexibility index (Phi) is 4.35. The standard InChI is InChI=1S/C19H20N6O/c1-14-5-4-6-16-15(14)13-21-25(16)12-9-19(26)20-10-8-18-23-22-17-7-2-3-11-24(17)18/h2-7,11,13H,8-10,12H2,1H3,(H,20,26). The molecule has 4 rings (SSSR count). The predicted molar refractivity (Wildman–Crippen MR) is 98.8 cm³/mol. The minimum Gasteiger partial charge on any atom is -0.356 e. The van der Waals surface area contributed by atoms with Crippen LogP contribution in [0.3, 0.4) is 0 Å². The van der Waals surface area contributed by atoms with Crippen molar-refractivity contribution in [1.29, 1.82) is 0 Å². The van der Waals surface area contributed by atoms with Crippen LogP contribution in [0.4, 0.5) is 0 Å². The van der Waals surface area contributed by atoms with E-state index in [0.717, 1.165) is 22.4 Å². The molecule has 0 bridgehead atoms. The Morgan fingerprint density at radius 2 is 2.08 bits per heavy atom. The SMILES string of the molecule is Cc1cccc2c1cnn2CCC(=O)NCCc1nnc2ccccn12. The predicted octanol–water partition coefficient (Wildman–Crippen LogP) is 2.14. The van der Waals surface area contributed by atoms with E-state index in [-0.39, 0.29) is 5.91 Å². The molecule has 0 radical (unpaired) electrons. The van der Waals surface area contributed by atoms with Crippen LogP contribution in [0, 0.1) is 6.92 Å². The lowest BCUT2D eigenvalue weighted by Crippen LogP contribution is -2.27. The van der Waals surface area contributed by atoms with Gasteiger partial charge in [0, 0.05) is 31.0 Å². The van der Waals surface area contributed by atoms with Crippen molar-refractivity contribution in [1.82, 2.24) is 29.7 Å². The van der Waals surface area contributed by atoms with Crippen molar-refractivity contribution in [3.05, 3.63) is 60.2 Å². The lowest BCUT2D eigenvalue weighted by Gasteiger charge is -2.06. The van der Waals surface area contributed by atoms with Crippen molar-refractivity contribution in [3.8, 4) is 0 Å². The van der Waals surface area contributed by atoms with Crippen LogP contribution in [-0.4, -0.2) is 36.8 Å². The Hall–Kier alpha value is -3.22. The van der Waals surface area contributed by atoms with Gasteiger partial charge in [0.2, 0.25) is 5.91 Å². The number of nitrogens with zero attached hydrogens (tertiary/aromatic N) is 5. The quantitative estimate of drug-likeness (QED) is 0.579. The minimum absolute atomic E-state index is 0.00937. The van der Waals surface area contributed by atoms with Gasteiger partial charge in [-0.3, -0.25) is 13.9 Å². The van der Waals surface area contributed by atoms with Crippen LogP contribution in [0.5, 0.6) is 0 Å². The number of benzene rings is 1. The number of hydrogen-bond donors (Lipinski definition) is 1. The molecule has 26 heavy (non-hydrogen) atoms. The molecule has 3 aromatic heterocycles. The molecule has 0 aliphatic heterocycles. The smallest absolute Gasteiger partial charge is 0.221 e. The first-order valence-electron chi connectivity index (χ1n) is 8.69. The topological polar surface area (TPSA) is 77.1 Å². The maximum Gasteiger partial charge on any atom is 0.221 e. The summed E-state index contributed by atoms with van der Waals surface area (Å²) in [6.07, 6.45) is 4.82. The minimum atomic E-state index is 0.00937. The van der Waals surface area contributed by atoms with Crippen molar-refractivity contribution < 1.29 is 4.79 Å². The average molecular weight is 348 g/mol. The number of fused-ring (bicyclic) bond motifs is 2. The molecule has 0 unspecified atom stereocenters. The fraction of sp³-hybridized carbons (Fsp3) is 0.263. The summed E-state index contributed by atoms with van der Waals surface area (Å²) in [5.41, 5.74) is 3.07. The van der Waals surface area contributed by atoms with Crippen LogP contribution in [0.15, 0.2) is 48.8 Å².